The molecule has 0 fully saturated rings. The minimum Gasteiger partial charge on any atom is -0.489 e. The van der Waals surface area contributed by atoms with Crippen LogP contribution in [0.5, 0.6) is 11.5 Å². The second kappa shape index (κ2) is 7.91. The summed E-state index contributed by atoms with van der Waals surface area (Å²) in [6, 6.07) is 10.3. The molecule has 3 rings (SSSR count). The van der Waals surface area contributed by atoms with Crippen LogP contribution in [0.3, 0.4) is 0 Å². The van der Waals surface area contributed by atoms with Crippen LogP contribution in [-0.2, 0) is 13.0 Å². The number of hydrogen-bond acceptors (Lipinski definition) is 3. The lowest BCUT2D eigenvalue weighted by Crippen LogP contribution is -2.18. The lowest BCUT2D eigenvalue weighted by atomic mass is 9.95. The number of ether oxygens (including phenoxy) is 2. The van der Waals surface area contributed by atoms with Crippen LogP contribution in [-0.4, -0.2) is 12.6 Å². The molecule has 3 nitrogen and oxygen atoms in total. The van der Waals surface area contributed by atoms with Crippen molar-refractivity contribution in [2.75, 3.05) is 6.54 Å². The van der Waals surface area contributed by atoms with Gasteiger partial charge in [-0.1, -0.05) is 30.3 Å². The van der Waals surface area contributed by atoms with Gasteiger partial charge in [0.2, 0.25) is 0 Å². The monoisotopic (exact) mass is 347 g/mol. The van der Waals surface area contributed by atoms with Crippen LogP contribution in [0, 0.1) is 20.8 Å². The van der Waals surface area contributed by atoms with Crippen LogP contribution in [0.15, 0.2) is 30.3 Å². The van der Waals surface area contributed by atoms with Gasteiger partial charge in [-0.3, -0.25) is 0 Å². The smallest absolute Gasteiger partial charge is 0.126 e. The minimum atomic E-state index is 0. The average molecular weight is 348 g/mol. The molecule has 2 N–H and O–H groups in total. The van der Waals surface area contributed by atoms with Crippen molar-refractivity contribution < 1.29 is 9.47 Å². The Morgan fingerprint density at radius 3 is 2.46 bits per heavy atom. The maximum Gasteiger partial charge on any atom is 0.126 e. The maximum absolute atomic E-state index is 6.17. The van der Waals surface area contributed by atoms with E-state index in [0.717, 1.165) is 24.3 Å². The zero-order valence-electron chi connectivity index (χ0n) is 14.6. The molecule has 1 unspecified atom stereocenters. The van der Waals surface area contributed by atoms with Gasteiger partial charge in [0.05, 0.1) is 0 Å². The quantitative estimate of drug-likeness (QED) is 0.878. The summed E-state index contributed by atoms with van der Waals surface area (Å²) in [6.45, 7) is 7.62. The molecular weight excluding hydrogens is 322 g/mol. The van der Waals surface area contributed by atoms with Gasteiger partial charge in [0.1, 0.15) is 24.2 Å². The van der Waals surface area contributed by atoms with Gasteiger partial charge in [-0.2, -0.15) is 0 Å². The van der Waals surface area contributed by atoms with Crippen LogP contribution in [0.2, 0.25) is 0 Å². The normalized spacial score (nSPS) is 15.4. The van der Waals surface area contributed by atoms with E-state index in [1.807, 2.05) is 18.2 Å². The molecule has 0 spiro atoms. The highest BCUT2D eigenvalue weighted by molar-refractivity contribution is 5.85. The Hall–Kier alpha value is -1.71. The summed E-state index contributed by atoms with van der Waals surface area (Å²) in [5.74, 6) is 2.05. The van der Waals surface area contributed by atoms with Crippen LogP contribution in [0.1, 0.15) is 34.2 Å². The highest BCUT2D eigenvalue weighted by atomic mass is 35.5. The molecule has 0 saturated carbocycles. The first-order chi connectivity index (χ1) is 11.1. The Balaban J connectivity index is 0.00000208. The van der Waals surface area contributed by atoms with E-state index in [1.165, 1.54) is 27.8 Å². The van der Waals surface area contributed by atoms with Gasteiger partial charge in [-0.15, -0.1) is 12.4 Å². The molecule has 24 heavy (non-hydrogen) atoms. The van der Waals surface area contributed by atoms with Crippen molar-refractivity contribution in [3.8, 4) is 11.5 Å². The Kier molecular flexibility index (Phi) is 6.14. The fraction of sp³-hybridized carbons (Fsp3) is 0.400. The fourth-order valence-electron chi connectivity index (χ4n) is 3.29. The summed E-state index contributed by atoms with van der Waals surface area (Å²) in [6.07, 6.45) is 2.03. The first kappa shape index (κ1) is 18.6. The van der Waals surface area contributed by atoms with Crippen LogP contribution in [0.25, 0.3) is 0 Å². The third-order valence-corrected chi connectivity index (χ3v) is 4.74. The molecule has 0 saturated heterocycles. The third kappa shape index (κ3) is 3.52. The SMILES string of the molecule is Cc1c(C)c2c(c(C)c1OCc1ccccc1)CC(CCN)O2.Cl. The number of hydrogen-bond donors (Lipinski definition) is 1. The van der Waals surface area contributed by atoms with E-state index in [9.17, 15) is 0 Å². The van der Waals surface area contributed by atoms with Crippen molar-refractivity contribution in [2.45, 2.75) is 46.3 Å². The molecule has 1 atom stereocenters. The molecule has 4 heteroatoms. The molecule has 1 aliphatic heterocycles. The Bertz CT molecular complexity index is 701. The van der Waals surface area contributed by atoms with E-state index in [1.54, 1.807) is 0 Å². The molecule has 0 radical (unpaired) electrons. The van der Waals surface area contributed by atoms with Crippen molar-refractivity contribution in [2.24, 2.45) is 5.73 Å². The van der Waals surface area contributed by atoms with Crippen molar-refractivity contribution in [1.29, 1.82) is 0 Å². The molecule has 0 aliphatic carbocycles. The number of halogens is 1. The second-order valence-corrected chi connectivity index (χ2v) is 6.31. The average Bonchev–Trinajstić information content (AvgIpc) is 2.98. The van der Waals surface area contributed by atoms with E-state index >= 15 is 0 Å². The Morgan fingerprint density at radius 1 is 1.08 bits per heavy atom. The summed E-state index contributed by atoms with van der Waals surface area (Å²) in [7, 11) is 0. The zero-order valence-corrected chi connectivity index (χ0v) is 15.4. The molecule has 1 heterocycles. The highest BCUT2D eigenvalue weighted by Crippen LogP contribution is 2.43. The summed E-state index contributed by atoms with van der Waals surface area (Å²) in [4.78, 5) is 0. The number of rotatable bonds is 5. The lowest BCUT2D eigenvalue weighted by Gasteiger charge is -2.18. The van der Waals surface area contributed by atoms with Crippen molar-refractivity contribution in [3.63, 3.8) is 0 Å². The molecule has 0 bridgehead atoms. The topological polar surface area (TPSA) is 44.5 Å². The van der Waals surface area contributed by atoms with Gasteiger partial charge in [0.25, 0.3) is 0 Å². The van der Waals surface area contributed by atoms with E-state index < -0.39 is 0 Å². The van der Waals surface area contributed by atoms with Crippen molar-refractivity contribution in [3.05, 3.63) is 58.1 Å². The zero-order chi connectivity index (χ0) is 16.4. The van der Waals surface area contributed by atoms with Gasteiger partial charge in [0.15, 0.2) is 0 Å². The van der Waals surface area contributed by atoms with Crippen LogP contribution >= 0.6 is 12.4 Å². The predicted octanol–water partition coefficient (Wildman–Crippen LogP) is 4.26. The lowest BCUT2D eigenvalue weighted by molar-refractivity contribution is 0.223. The summed E-state index contributed by atoms with van der Waals surface area (Å²) in [5.41, 5.74) is 11.7. The standard InChI is InChI=1S/C20H25NO2.ClH/c1-13-14(2)20-18(11-17(23-20)9-10-21)15(3)19(13)22-12-16-7-5-4-6-8-16;/h4-8,17H,9-12,21H2,1-3H3;1H. The number of benzene rings is 2. The van der Waals surface area contributed by atoms with E-state index in [4.69, 9.17) is 15.2 Å². The Labute approximate surface area is 150 Å². The summed E-state index contributed by atoms with van der Waals surface area (Å²) >= 11 is 0. The van der Waals surface area contributed by atoms with Gasteiger partial charge in [-0.05, 0) is 56.0 Å². The second-order valence-electron chi connectivity index (χ2n) is 6.31. The molecule has 2 aromatic rings. The van der Waals surface area contributed by atoms with Gasteiger partial charge >= 0.3 is 0 Å². The molecule has 0 aromatic heterocycles. The van der Waals surface area contributed by atoms with Crippen molar-refractivity contribution >= 4 is 12.4 Å². The predicted molar refractivity (Wildman–Crippen MR) is 100 cm³/mol. The first-order valence-corrected chi connectivity index (χ1v) is 8.28. The van der Waals surface area contributed by atoms with E-state index in [0.29, 0.717) is 13.2 Å². The summed E-state index contributed by atoms with van der Waals surface area (Å²) < 4.78 is 12.3. The first-order valence-electron chi connectivity index (χ1n) is 8.28. The van der Waals surface area contributed by atoms with Gasteiger partial charge < -0.3 is 15.2 Å². The van der Waals surface area contributed by atoms with Crippen LogP contribution in [0.4, 0.5) is 0 Å². The fourth-order valence-corrected chi connectivity index (χ4v) is 3.29. The summed E-state index contributed by atoms with van der Waals surface area (Å²) in [5, 5.41) is 0. The number of nitrogens with two attached hydrogens (primary N) is 1. The number of fused-ring (bicyclic) bond motifs is 1. The molecular formula is C20H26ClNO2. The Morgan fingerprint density at radius 2 is 1.79 bits per heavy atom. The minimum absolute atomic E-state index is 0. The highest BCUT2D eigenvalue weighted by Gasteiger charge is 2.29. The van der Waals surface area contributed by atoms with Crippen molar-refractivity contribution in [1.82, 2.24) is 0 Å². The molecule has 1 aliphatic rings. The molecule has 2 aromatic carbocycles. The largest absolute Gasteiger partial charge is 0.489 e. The van der Waals surface area contributed by atoms with Gasteiger partial charge in [0, 0.05) is 12.0 Å². The molecule has 0 amide bonds. The molecule has 130 valence electrons. The van der Waals surface area contributed by atoms with Crippen LogP contribution < -0.4 is 15.2 Å². The maximum atomic E-state index is 6.17. The van der Waals surface area contributed by atoms with Gasteiger partial charge in [-0.25, -0.2) is 0 Å². The van der Waals surface area contributed by atoms with E-state index in [2.05, 4.69) is 32.9 Å². The van der Waals surface area contributed by atoms with E-state index in [-0.39, 0.29) is 18.5 Å². The third-order valence-electron chi connectivity index (χ3n) is 4.74.